The summed E-state index contributed by atoms with van der Waals surface area (Å²) in [5.74, 6) is 3.08. The van der Waals surface area contributed by atoms with Crippen LogP contribution in [0.15, 0.2) is 16.8 Å². The number of fused-ring (bicyclic) bond motifs is 5. The minimum Gasteiger partial charge on any atom is -0.411 e. The molecule has 4 rings (SSSR count). The third-order valence-corrected chi connectivity index (χ3v) is 8.62. The second-order valence-corrected chi connectivity index (χ2v) is 9.38. The van der Waals surface area contributed by atoms with Crippen LogP contribution in [0, 0.1) is 34.5 Å². The smallest absolute Gasteiger partial charge is 0.155 e. The first-order valence-electron chi connectivity index (χ1n) is 9.82. The van der Waals surface area contributed by atoms with Gasteiger partial charge in [-0.15, -0.1) is 0 Å². The van der Waals surface area contributed by atoms with E-state index in [9.17, 15) is 10.0 Å². The van der Waals surface area contributed by atoms with Crippen LogP contribution in [-0.2, 0) is 4.79 Å². The van der Waals surface area contributed by atoms with Crippen LogP contribution in [0.25, 0.3) is 0 Å². The van der Waals surface area contributed by atoms with E-state index in [-0.39, 0.29) is 5.41 Å². The van der Waals surface area contributed by atoms with Crippen molar-refractivity contribution >= 4 is 11.5 Å². The van der Waals surface area contributed by atoms with Crippen molar-refractivity contribution in [2.45, 2.75) is 72.1 Å². The first kappa shape index (κ1) is 16.4. The van der Waals surface area contributed by atoms with Crippen molar-refractivity contribution < 1.29 is 10.0 Å². The molecule has 0 aromatic carbocycles. The molecule has 24 heavy (non-hydrogen) atoms. The number of hydrogen-bond donors (Lipinski definition) is 1. The van der Waals surface area contributed by atoms with E-state index in [2.05, 4.69) is 19.0 Å². The lowest BCUT2D eigenvalue weighted by Crippen LogP contribution is -2.51. The van der Waals surface area contributed by atoms with Crippen LogP contribution in [0.3, 0.4) is 0 Å². The van der Waals surface area contributed by atoms with Gasteiger partial charge in [-0.05, 0) is 86.5 Å². The molecule has 4 aliphatic carbocycles. The van der Waals surface area contributed by atoms with Gasteiger partial charge in [-0.25, -0.2) is 0 Å². The summed E-state index contributed by atoms with van der Waals surface area (Å²) in [6.07, 6.45) is 11.1. The van der Waals surface area contributed by atoms with E-state index in [1.165, 1.54) is 37.7 Å². The Hall–Kier alpha value is -1.12. The second kappa shape index (κ2) is 5.44. The summed E-state index contributed by atoms with van der Waals surface area (Å²) in [6.45, 7) is 6.90. The molecule has 3 nitrogen and oxygen atoms in total. The Kier molecular flexibility index (Phi) is 3.71. The van der Waals surface area contributed by atoms with Gasteiger partial charge in [-0.3, -0.25) is 4.79 Å². The van der Waals surface area contributed by atoms with Crippen molar-refractivity contribution in [3.8, 4) is 0 Å². The number of allylic oxidation sites excluding steroid dienone is 1. The molecule has 0 spiro atoms. The van der Waals surface area contributed by atoms with Crippen LogP contribution in [0.1, 0.15) is 72.1 Å². The van der Waals surface area contributed by atoms with Crippen molar-refractivity contribution in [2.24, 2.45) is 39.7 Å². The number of carbonyl (C=O) groups is 1. The van der Waals surface area contributed by atoms with E-state index in [0.29, 0.717) is 17.1 Å². The number of oxime groups is 1. The molecule has 0 unspecified atom stereocenters. The lowest BCUT2D eigenvalue weighted by Gasteiger charge is -2.58. The second-order valence-electron chi connectivity index (χ2n) is 9.38. The fourth-order valence-electron chi connectivity index (χ4n) is 7.32. The highest BCUT2D eigenvalue weighted by Gasteiger charge is 2.59. The molecule has 0 saturated heterocycles. The van der Waals surface area contributed by atoms with Crippen LogP contribution >= 0.6 is 0 Å². The molecule has 0 aromatic rings. The third-order valence-electron chi connectivity index (χ3n) is 8.62. The lowest BCUT2D eigenvalue weighted by molar-refractivity contribution is -0.117. The summed E-state index contributed by atoms with van der Waals surface area (Å²) in [5, 5.41) is 12.9. The number of carbonyl (C=O) groups excluding carboxylic acids is 1. The molecule has 0 aromatic heterocycles. The van der Waals surface area contributed by atoms with E-state index in [1.54, 1.807) is 0 Å². The molecule has 6 atom stereocenters. The fourth-order valence-corrected chi connectivity index (χ4v) is 7.32. The minimum atomic E-state index is 0.260. The van der Waals surface area contributed by atoms with Crippen molar-refractivity contribution in [1.29, 1.82) is 0 Å². The first-order chi connectivity index (χ1) is 11.4. The summed E-state index contributed by atoms with van der Waals surface area (Å²) in [7, 11) is 0. The standard InChI is InChI=1S/C21H31NO2/c1-13(22-24)17-6-7-18-16-5-4-14-12-15(23)8-10-20(14,2)19(16)9-11-21(17,18)3/h12,16-19,24H,4-11H2,1-3H3/b22-13-/t16-,17+,18-,19-,20-,21+/m0/s1. The van der Waals surface area contributed by atoms with Gasteiger partial charge in [-0.2, -0.15) is 0 Å². The van der Waals surface area contributed by atoms with E-state index in [0.717, 1.165) is 42.7 Å². The molecule has 132 valence electrons. The topological polar surface area (TPSA) is 49.7 Å². The molecule has 1 N–H and O–H groups in total. The van der Waals surface area contributed by atoms with E-state index in [1.807, 2.05) is 13.0 Å². The van der Waals surface area contributed by atoms with Gasteiger partial charge < -0.3 is 5.21 Å². The zero-order chi connectivity index (χ0) is 17.1. The highest BCUT2D eigenvalue weighted by atomic mass is 16.4. The quantitative estimate of drug-likeness (QED) is 0.419. The predicted octanol–water partition coefficient (Wildman–Crippen LogP) is 4.98. The monoisotopic (exact) mass is 329 g/mol. The lowest BCUT2D eigenvalue weighted by atomic mass is 9.46. The van der Waals surface area contributed by atoms with Crippen molar-refractivity contribution in [3.63, 3.8) is 0 Å². The van der Waals surface area contributed by atoms with Gasteiger partial charge in [0, 0.05) is 12.3 Å². The average Bonchev–Trinajstić information content (AvgIpc) is 2.92. The molecule has 3 heteroatoms. The van der Waals surface area contributed by atoms with Crippen LogP contribution in [-0.4, -0.2) is 16.7 Å². The molecule has 3 fully saturated rings. The first-order valence-corrected chi connectivity index (χ1v) is 9.82. The number of nitrogens with zero attached hydrogens (tertiary/aromatic N) is 1. The van der Waals surface area contributed by atoms with Crippen LogP contribution in [0.4, 0.5) is 0 Å². The summed E-state index contributed by atoms with van der Waals surface area (Å²) in [4.78, 5) is 11.9. The maximum atomic E-state index is 11.9. The zero-order valence-corrected chi connectivity index (χ0v) is 15.3. The van der Waals surface area contributed by atoms with Crippen molar-refractivity contribution in [3.05, 3.63) is 11.6 Å². The molecule has 0 aliphatic heterocycles. The van der Waals surface area contributed by atoms with Gasteiger partial charge in [0.25, 0.3) is 0 Å². The highest BCUT2D eigenvalue weighted by Crippen LogP contribution is 2.66. The summed E-state index contributed by atoms with van der Waals surface area (Å²) >= 11 is 0. The maximum Gasteiger partial charge on any atom is 0.155 e. The van der Waals surface area contributed by atoms with Gasteiger partial charge in [0.2, 0.25) is 0 Å². The van der Waals surface area contributed by atoms with Gasteiger partial charge in [0.05, 0.1) is 5.71 Å². The summed E-state index contributed by atoms with van der Waals surface area (Å²) in [5.41, 5.74) is 2.95. The Morgan fingerprint density at radius 3 is 2.67 bits per heavy atom. The molecule has 0 amide bonds. The molecular formula is C21H31NO2. The Bertz CT molecular complexity index is 621. The van der Waals surface area contributed by atoms with Crippen molar-refractivity contribution in [1.82, 2.24) is 0 Å². The Labute approximate surface area is 145 Å². The molecule has 0 radical (unpaired) electrons. The highest BCUT2D eigenvalue weighted by molar-refractivity contribution is 5.91. The summed E-state index contributed by atoms with van der Waals surface area (Å²) in [6, 6.07) is 0. The number of rotatable bonds is 1. The van der Waals surface area contributed by atoms with Crippen LogP contribution < -0.4 is 0 Å². The van der Waals surface area contributed by atoms with E-state index < -0.39 is 0 Å². The number of hydrogen-bond acceptors (Lipinski definition) is 3. The Morgan fingerprint density at radius 2 is 1.92 bits per heavy atom. The normalized spacial score (nSPS) is 48.4. The molecule has 0 bridgehead atoms. The maximum absolute atomic E-state index is 11.9. The van der Waals surface area contributed by atoms with Crippen molar-refractivity contribution in [2.75, 3.05) is 0 Å². The van der Waals surface area contributed by atoms with Crippen LogP contribution in [0.2, 0.25) is 0 Å². The van der Waals surface area contributed by atoms with Gasteiger partial charge >= 0.3 is 0 Å². The van der Waals surface area contributed by atoms with Crippen LogP contribution in [0.5, 0.6) is 0 Å². The average molecular weight is 329 g/mol. The molecule has 3 saturated carbocycles. The van der Waals surface area contributed by atoms with E-state index in [4.69, 9.17) is 0 Å². The predicted molar refractivity (Wildman–Crippen MR) is 95.1 cm³/mol. The van der Waals surface area contributed by atoms with Gasteiger partial charge in [0.15, 0.2) is 5.78 Å². The van der Waals surface area contributed by atoms with Gasteiger partial charge in [0.1, 0.15) is 0 Å². The fraction of sp³-hybridized carbons (Fsp3) is 0.810. The SMILES string of the molecule is C/C(=N/O)[C@H]1CC[C@H]2[C@@H]3CCC4=CC(=O)CC[C@]4(C)[C@H]3CC[C@]12C. The van der Waals surface area contributed by atoms with E-state index >= 15 is 0 Å². The van der Waals surface area contributed by atoms with Gasteiger partial charge in [-0.1, -0.05) is 24.6 Å². The molecule has 0 heterocycles. The minimum absolute atomic E-state index is 0.260. The Balaban J connectivity index is 1.66. The number of ketones is 1. The summed E-state index contributed by atoms with van der Waals surface area (Å²) < 4.78 is 0. The zero-order valence-electron chi connectivity index (χ0n) is 15.3. The molecular weight excluding hydrogens is 298 g/mol. The Morgan fingerprint density at radius 1 is 1.12 bits per heavy atom. The largest absolute Gasteiger partial charge is 0.411 e. The third kappa shape index (κ3) is 2.09. The molecule has 4 aliphatic rings.